The molecule has 0 aliphatic carbocycles. The molecule has 24 heavy (non-hydrogen) atoms. The SMILES string of the molecule is CCCCCC(C)c1nccc(C(C)(C)C)c1OC(=O)N1CCC1. The van der Waals surface area contributed by atoms with E-state index in [4.69, 9.17) is 4.74 Å². The lowest BCUT2D eigenvalue weighted by atomic mass is 9.85. The highest BCUT2D eigenvalue weighted by Crippen LogP contribution is 2.38. The van der Waals surface area contributed by atoms with Gasteiger partial charge in [0, 0.05) is 30.8 Å². The van der Waals surface area contributed by atoms with Crippen LogP contribution < -0.4 is 4.74 Å². The summed E-state index contributed by atoms with van der Waals surface area (Å²) < 4.78 is 5.86. The summed E-state index contributed by atoms with van der Waals surface area (Å²) in [5.41, 5.74) is 1.89. The van der Waals surface area contributed by atoms with Crippen molar-refractivity contribution in [3.63, 3.8) is 0 Å². The third-order valence-corrected chi connectivity index (χ3v) is 4.75. The zero-order chi connectivity index (χ0) is 17.7. The van der Waals surface area contributed by atoms with Crippen molar-refractivity contribution in [3.05, 3.63) is 23.5 Å². The van der Waals surface area contributed by atoms with Crippen LogP contribution in [0.15, 0.2) is 12.3 Å². The highest BCUT2D eigenvalue weighted by molar-refractivity contribution is 5.72. The van der Waals surface area contributed by atoms with Crippen LogP contribution in [0.3, 0.4) is 0 Å². The Balaban J connectivity index is 2.29. The molecule has 1 saturated heterocycles. The normalized spacial score (nSPS) is 15.8. The summed E-state index contributed by atoms with van der Waals surface area (Å²) in [6.45, 7) is 12.4. The number of aromatic nitrogens is 1. The second-order valence-corrected chi connectivity index (χ2v) is 7.93. The standard InChI is InChI=1S/C20H32N2O2/c1-6-7-8-10-15(2)17-18(24-19(23)22-13-9-14-22)16(11-12-21-17)20(3,4)5/h11-12,15H,6-10,13-14H2,1-5H3. The van der Waals surface area contributed by atoms with Gasteiger partial charge in [0.15, 0.2) is 5.75 Å². The van der Waals surface area contributed by atoms with Gasteiger partial charge in [-0.3, -0.25) is 4.98 Å². The number of hydrogen-bond donors (Lipinski definition) is 0. The minimum atomic E-state index is -0.234. The van der Waals surface area contributed by atoms with Crippen molar-refractivity contribution < 1.29 is 9.53 Å². The van der Waals surface area contributed by atoms with E-state index >= 15 is 0 Å². The average Bonchev–Trinajstić information content (AvgIpc) is 2.44. The van der Waals surface area contributed by atoms with Crippen LogP contribution in [0.25, 0.3) is 0 Å². The lowest BCUT2D eigenvalue weighted by Gasteiger charge is -2.31. The van der Waals surface area contributed by atoms with Crippen molar-refractivity contribution in [3.8, 4) is 5.75 Å². The van der Waals surface area contributed by atoms with E-state index in [1.165, 1.54) is 19.3 Å². The fourth-order valence-electron chi connectivity index (χ4n) is 3.00. The second-order valence-electron chi connectivity index (χ2n) is 7.93. The minimum Gasteiger partial charge on any atom is -0.408 e. The number of hydrogen-bond acceptors (Lipinski definition) is 3. The Morgan fingerprint density at radius 3 is 2.58 bits per heavy atom. The van der Waals surface area contributed by atoms with Gasteiger partial charge in [-0.25, -0.2) is 4.79 Å². The van der Waals surface area contributed by atoms with Gasteiger partial charge < -0.3 is 9.64 Å². The molecule has 2 heterocycles. The molecule has 1 atom stereocenters. The van der Waals surface area contributed by atoms with Crippen molar-refractivity contribution in [1.82, 2.24) is 9.88 Å². The van der Waals surface area contributed by atoms with Crippen molar-refractivity contribution in [1.29, 1.82) is 0 Å². The van der Waals surface area contributed by atoms with Crippen LogP contribution in [0.1, 0.15) is 83.9 Å². The molecule has 1 fully saturated rings. The molecule has 1 aliphatic heterocycles. The first-order valence-electron chi connectivity index (χ1n) is 9.30. The van der Waals surface area contributed by atoms with Crippen molar-refractivity contribution in [2.45, 2.75) is 78.1 Å². The zero-order valence-electron chi connectivity index (χ0n) is 15.9. The van der Waals surface area contributed by atoms with Crippen LogP contribution in [-0.2, 0) is 5.41 Å². The molecule has 1 aliphatic rings. The first-order valence-corrected chi connectivity index (χ1v) is 9.30. The Bertz CT molecular complexity index is 559. The lowest BCUT2D eigenvalue weighted by Crippen LogP contribution is -2.44. The number of unbranched alkanes of at least 4 members (excludes halogenated alkanes) is 2. The summed E-state index contributed by atoms with van der Waals surface area (Å²) >= 11 is 0. The van der Waals surface area contributed by atoms with E-state index < -0.39 is 0 Å². The quantitative estimate of drug-likeness (QED) is 0.667. The van der Waals surface area contributed by atoms with Crippen LogP contribution >= 0.6 is 0 Å². The Hall–Kier alpha value is -1.58. The second kappa shape index (κ2) is 8.00. The van der Waals surface area contributed by atoms with Gasteiger partial charge in [-0.2, -0.15) is 0 Å². The molecule has 134 valence electrons. The Morgan fingerprint density at radius 1 is 1.33 bits per heavy atom. The number of pyridine rings is 1. The Labute approximate surface area is 146 Å². The fourth-order valence-corrected chi connectivity index (χ4v) is 3.00. The van der Waals surface area contributed by atoms with E-state index in [0.29, 0.717) is 5.75 Å². The number of nitrogens with zero attached hydrogens (tertiary/aromatic N) is 2. The Kier molecular flexibility index (Phi) is 6.25. The zero-order valence-corrected chi connectivity index (χ0v) is 15.9. The van der Waals surface area contributed by atoms with Gasteiger partial charge >= 0.3 is 6.09 Å². The summed E-state index contributed by atoms with van der Waals surface area (Å²) in [5, 5.41) is 0. The van der Waals surface area contributed by atoms with Crippen LogP contribution in [0.4, 0.5) is 4.79 Å². The highest BCUT2D eigenvalue weighted by Gasteiger charge is 2.29. The summed E-state index contributed by atoms with van der Waals surface area (Å²) in [6.07, 6.45) is 7.37. The lowest BCUT2D eigenvalue weighted by molar-refractivity contribution is 0.123. The van der Waals surface area contributed by atoms with Crippen LogP contribution in [0, 0.1) is 0 Å². The van der Waals surface area contributed by atoms with Gasteiger partial charge in [-0.1, -0.05) is 53.9 Å². The summed E-state index contributed by atoms with van der Waals surface area (Å²) in [5.74, 6) is 0.976. The van der Waals surface area contributed by atoms with E-state index in [1.54, 1.807) is 4.90 Å². The molecule has 0 N–H and O–H groups in total. The molecule has 1 aromatic heterocycles. The van der Waals surface area contributed by atoms with Gasteiger partial charge in [0.2, 0.25) is 0 Å². The molecule has 0 spiro atoms. The third kappa shape index (κ3) is 4.49. The molecular weight excluding hydrogens is 300 g/mol. The van der Waals surface area contributed by atoms with Gasteiger partial charge in [0.1, 0.15) is 0 Å². The van der Waals surface area contributed by atoms with Gasteiger partial charge in [-0.05, 0) is 24.3 Å². The number of rotatable bonds is 6. The van der Waals surface area contributed by atoms with E-state index in [0.717, 1.165) is 37.2 Å². The minimum absolute atomic E-state index is 0.0919. The number of likely N-dealkylation sites (tertiary alicyclic amines) is 1. The molecule has 1 amide bonds. The third-order valence-electron chi connectivity index (χ3n) is 4.75. The molecule has 0 bridgehead atoms. The molecule has 2 rings (SSSR count). The average molecular weight is 332 g/mol. The first-order chi connectivity index (χ1) is 11.3. The van der Waals surface area contributed by atoms with Crippen LogP contribution in [0.2, 0.25) is 0 Å². The molecule has 0 radical (unpaired) electrons. The topological polar surface area (TPSA) is 42.4 Å². The fraction of sp³-hybridized carbons (Fsp3) is 0.700. The molecule has 4 nitrogen and oxygen atoms in total. The first kappa shape index (κ1) is 18.8. The molecular formula is C20H32N2O2. The van der Waals surface area contributed by atoms with Crippen LogP contribution in [-0.4, -0.2) is 29.1 Å². The summed E-state index contributed by atoms with van der Waals surface area (Å²) in [6, 6.07) is 1.99. The van der Waals surface area contributed by atoms with Crippen molar-refractivity contribution in [2.75, 3.05) is 13.1 Å². The Morgan fingerprint density at radius 2 is 2.04 bits per heavy atom. The summed E-state index contributed by atoms with van der Waals surface area (Å²) in [7, 11) is 0. The molecule has 0 saturated carbocycles. The maximum atomic E-state index is 12.4. The van der Waals surface area contributed by atoms with Crippen molar-refractivity contribution in [2.24, 2.45) is 0 Å². The van der Waals surface area contributed by atoms with E-state index in [2.05, 4.69) is 39.6 Å². The highest BCUT2D eigenvalue weighted by atomic mass is 16.6. The van der Waals surface area contributed by atoms with E-state index in [-0.39, 0.29) is 17.4 Å². The van der Waals surface area contributed by atoms with Gasteiger partial charge in [0.05, 0.1) is 5.69 Å². The monoisotopic (exact) mass is 332 g/mol. The predicted octanol–water partition coefficient (Wildman–Crippen LogP) is 5.27. The molecule has 1 unspecified atom stereocenters. The maximum Gasteiger partial charge on any atom is 0.415 e. The number of ether oxygens (including phenoxy) is 1. The van der Waals surface area contributed by atoms with Gasteiger partial charge in [0.25, 0.3) is 0 Å². The maximum absolute atomic E-state index is 12.4. The van der Waals surface area contributed by atoms with Crippen LogP contribution in [0.5, 0.6) is 5.75 Å². The molecule has 1 aromatic rings. The van der Waals surface area contributed by atoms with E-state index in [9.17, 15) is 4.79 Å². The summed E-state index contributed by atoms with van der Waals surface area (Å²) in [4.78, 5) is 18.7. The largest absolute Gasteiger partial charge is 0.415 e. The van der Waals surface area contributed by atoms with E-state index in [1.807, 2.05) is 12.3 Å². The van der Waals surface area contributed by atoms with Gasteiger partial charge in [-0.15, -0.1) is 0 Å². The smallest absolute Gasteiger partial charge is 0.408 e. The van der Waals surface area contributed by atoms with Crippen molar-refractivity contribution >= 4 is 6.09 Å². The number of amides is 1. The number of carbonyl (C=O) groups is 1. The molecule has 4 heteroatoms. The predicted molar refractivity (Wildman–Crippen MR) is 97.7 cm³/mol. The molecule has 0 aromatic carbocycles. The number of carbonyl (C=O) groups excluding carboxylic acids is 1.